The zero-order valence-electron chi connectivity index (χ0n) is 13.1. The van der Waals surface area contributed by atoms with Crippen molar-refractivity contribution in [2.75, 3.05) is 26.2 Å². The van der Waals surface area contributed by atoms with Gasteiger partial charge in [-0.1, -0.05) is 25.0 Å². The van der Waals surface area contributed by atoms with Crippen LogP contribution in [0.1, 0.15) is 37.3 Å². The molecule has 23 heavy (non-hydrogen) atoms. The number of benzene rings is 1. The predicted molar refractivity (Wildman–Crippen MR) is 87.5 cm³/mol. The third-order valence-electron chi connectivity index (χ3n) is 4.85. The van der Waals surface area contributed by atoms with Gasteiger partial charge >= 0.3 is 5.51 Å². The molecule has 1 heterocycles. The molecule has 0 amide bonds. The lowest BCUT2D eigenvalue weighted by atomic mass is 9.90. The van der Waals surface area contributed by atoms with E-state index in [1.807, 2.05) is 12.1 Å². The van der Waals surface area contributed by atoms with Gasteiger partial charge in [-0.2, -0.15) is 13.2 Å². The topological polar surface area (TPSA) is 15.3 Å². The Kier molecular flexibility index (Phi) is 5.54. The average molecular weight is 344 g/mol. The van der Waals surface area contributed by atoms with E-state index < -0.39 is 5.51 Å². The van der Waals surface area contributed by atoms with E-state index in [-0.39, 0.29) is 16.7 Å². The first-order chi connectivity index (χ1) is 11.0. The molecule has 0 aromatic heterocycles. The van der Waals surface area contributed by atoms with Gasteiger partial charge in [-0.15, -0.1) is 0 Å². The van der Waals surface area contributed by atoms with Crippen LogP contribution >= 0.6 is 11.8 Å². The van der Waals surface area contributed by atoms with Crippen molar-refractivity contribution in [3.05, 3.63) is 29.8 Å². The molecule has 1 saturated heterocycles. The van der Waals surface area contributed by atoms with Crippen molar-refractivity contribution in [1.29, 1.82) is 0 Å². The number of thioether (sulfide) groups is 1. The summed E-state index contributed by atoms with van der Waals surface area (Å²) in [4.78, 5) is 2.78. The fourth-order valence-corrected chi connectivity index (χ4v) is 4.42. The smallest absolute Gasteiger partial charge is 0.314 e. The molecule has 6 heteroatoms. The van der Waals surface area contributed by atoms with Crippen LogP contribution in [0.5, 0.6) is 0 Å². The van der Waals surface area contributed by atoms with Crippen molar-refractivity contribution >= 4 is 11.8 Å². The van der Waals surface area contributed by atoms with Crippen LogP contribution in [0.25, 0.3) is 0 Å². The van der Waals surface area contributed by atoms with Crippen molar-refractivity contribution in [3.8, 4) is 0 Å². The van der Waals surface area contributed by atoms with Gasteiger partial charge in [0, 0.05) is 37.1 Å². The maximum atomic E-state index is 12.5. The number of nitrogens with zero attached hydrogens (tertiary/aromatic N) is 1. The Labute approximate surface area is 139 Å². The summed E-state index contributed by atoms with van der Waals surface area (Å²) in [5.74, 6) is 0.634. The van der Waals surface area contributed by atoms with Gasteiger partial charge in [0.15, 0.2) is 0 Å². The van der Waals surface area contributed by atoms with Gasteiger partial charge in [0.2, 0.25) is 0 Å². The normalized spacial score (nSPS) is 22.4. The highest BCUT2D eigenvalue weighted by Crippen LogP contribution is 2.41. The van der Waals surface area contributed by atoms with E-state index in [4.69, 9.17) is 0 Å². The number of rotatable bonds is 4. The molecule has 128 valence electrons. The summed E-state index contributed by atoms with van der Waals surface area (Å²) >= 11 is -0.0346. The first-order valence-corrected chi connectivity index (χ1v) is 9.15. The molecule has 1 aromatic rings. The standard InChI is InChI=1S/C17H23F3N2S/c18-17(19,20)23-15-7-5-14(6-8-15)16(13-3-1-2-4-13)22-11-9-21-10-12-22/h5-8,13,16,21H,1-4,9-12H2/t16-/m0/s1. The Morgan fingerprint density at radius 2 is 1.65 bits per heavy atom. The minimum atomic E-state index is -4.22. The maximum Gasteiger partial charge on any atom is 0.446 e. The molecule has 1 aromatic carbocycles. The molecule has 1 saturated carbocycles. The summed E-state index contributed by atoms with van der Waals surface area (Å²) in [6, 6.07) is 7.40. The third-order valence-corrected chi connectivity index (χ3v) is 5.59. The summed E-state index contributed by atoms with van der Waals surface area (Å²) in [5.41, 5.74) is -3.05. The second kappa shape index (κ2) is 7.45. The van der Waals surface area contributed by atoms with Crippen molar-refractivity contribution < 1.29 is 13.2 Å². The Morgan fingerprint density at radius 3 is 2.22 bits per heavy atom. The van der Waals surface area contributed by atoms with E-state index >= 15 is 0 Å². The largest absolute Gasteiger partial charge is 0.446 e. The minimum Gasteiger partial charge on any atom is -0.314 e. The number of halogens is 3. The highest BCUT2D eigenvalue weighted by molar-refractivity contribution is 8.00. The Bertz CT molecular complexity index is 492. The van der Waals surface area contributed by atoms with Crippen LogP contribution in [0, 0.1) is 5.92 Å². The molecule has 0 radical (unpaired) electrons. The SMILES string of the molecule is FC(F)(F)Sc1ccc([C@H](C2CCCC2)N2CCNCC2)cc1. The molecule has 0 bridgehead atoms. The summed E-state index contributed by atoms with van der Waals surface area (Å²) < 4.78 is 37.5. The van der Waals surface area contributed by atoms with Crippen LogP contribution in [-0.2, 0) is 0 Å². The highest BCUT2D eigenvalue weighted by Gasteiger charge is 2.32. The summed E-state index contributed by atoms with van der Waals surface area (Å²) in [6.45, 7) is 4.01. The molecular formula is C17H23F3N2S. The van der Waals surface area contributed by atoms with E-state index in [0.29, 0.717) is 12.0 Å². The molecule has 2 fully saturated rings. The minimum absolute atomic E-state index is 0.0346. The molecule has 0 spiro atoms. The van der Waals surface area contributed by atoms with E-state index in [0.717, 1.165) is 26.2 Å². The van der Waals surface area contributed by atoms with Gasteiger partial charge in [0.25, 0.3) is 0 Å². The first-order valence-electron chi connectivity index (χ1n) is 8.33. The zero-order chi connectivity index (χ0) is 16.3. The van der Waals surface area contributed by atoms with Gasteiger partial charge < -0.3 is 5.32 Å². The van der Waals surface area contributed by atoms with Crippen LogP contribution in [0.15, 0.2) is 29.2 Å². The Balaban J connectivity index is 1.78. The van der Waals surface area contributed by atoms with Crippen molar-refractivity contribution in [3.63, 3.8) is 0 Å². The average Bonchev–Trinajstić information content (AvgIpc) is 3.03. The summed E-state index contributed by atoms with van der Waals surface area (Å²) in [6.07, 6.45) is 5.01. The fourth-order valence-electron chi connectivity index (χ4n) is 3.88. The molecule has 2 aliphatic rings. The molecule has 2 nitrogen and oxygen atoms in total. The van der Waals surface area contributed by atoms with Crippen molar-refractivity contribution in [2.24, 2.45) is 5.92 Å². The van der Waals surface area contributed by atoms with Crippen molar-refractivity contribution in [1.82, 2.24) is 10.2 Å². The molecule has 1 N–H and O–H groups in total. The Hall–Kier alpha value is -0.720. The second-order valence-corrected chi connectivity index (χ2v) is 7.53. The zero-order valence-corrected chi connectivity index (χ0v) is 13.9. The van der Waals surface area contributed by atoms with Crippen LogP contribution in [0.3, 0.4) is 0 Å². The van der Waals surface area contributed by atoms with Crippen LogP contribution in [0.4, 0.5) is 13.2 Å². The lowest BCUT2D eigenvalue weighted by Gasteiger charge is -2.38. The molecule has 3 rings (SSSR count). The van der Waals surface area contributed by atoms with Crippen molar-refractivity contribution in [2.45, 2.75) is 42.1 Å². The molecule has 1 aliphatic heterocycles. The fraction of sp³-hybridized carbons (Fsp3) is 0.647. The van der Waals surface area contributed by atoms with Gasteiger partial charge in [0.1, 0.15) is 0 Å². The van der Waals surface area contributed by atoms with Gasteiger partial charge in [0.05, 0.1) is 0 Å². The van der Waals surface area contributed by atoms with Crippen LogP contribution in [0.2, 0.25) is 0 Å². The van der Waals surface area contributed by atoms with E-state index in [1.165, 1.54) is 31.2 Å². The maximum absolute atomic E-state index is 12.5. The molecular weight excluding hydrogens is 321 g/mol. The number of piperazine rings is 1. The molecule has 1 atom stereocenters. The van der Waals surface area contributed by atoms with Gasteiger partial charge in [-0.3, -0.25) is 4.90 Å². The molecule has 0 unspecified atom stereocenters. The Morgan fingerprint density at radius 1 is 1.04 bits per heavy atom. The lowest BCUT2D eigenvalue weighted by Crippen LogP contribution is -2.46. The quantitative estimate of drug-likeness (QED) is 0.813. The summed E-state index contributed by atoms with van der Waals surface area (Å²) in [7, 11) is 0. The number of hydrogen-bond acceptors (Lipinski definition) is 3. The van der Waals surface area contributed by atoms with E-state index in [9.17, 15) is 13.2 Å². The van der Waals surface area contributed by atoms with Gasteiger partial charge in [-0.05, 0) is 48.2 Å². The third kappa shape index (κ3) is 4.64. The predicted octanol–water partition coefficient (Wildman–Crippen LogP) is 4.44. The number of nitrogens with one attached hydrogen (secondary N) is 1. The molecule has 1 aliphatic carbocycles. The number of alkyl halides is 3. The van der Waals surface area contributed by atoms with Crippen LogP contribution < -0.4 is 5.32 Å². The second-order valence-electron chi connectivity index (χ2n) is 6.39. The summed E-state index contributed by atoms with van der Waals surface area (Å²) in [5, 5.41) is 3.38. The van der Waals surface area contributed by atoms with E-state index in [1.54, 1.807) is 12.1 Å². The first kappa shape index (κ1) is 17.1. The van der Waals surface area contributed by atoms with Crippen LogP contribution in [-0.4, -0.2) is 36.6 Å². The van der Waals surface area contributed by atoms with Gasteiger partial charge in [-0.25, -0.2) is 0 Å². The monoisotopic (exact) mass is 344 g/mol. The lowest BCUT2D eigenvalue weighted by molar-refractivity contribution is -0.0328. The highest BCUT2D eigenvalue weighted by atomic mass is 32.2. The van der Waals surface area contributed by atoms with E-state index in [2.05, 4.69) is 10.2 Å². The number of hydrogen-bond donors (Lipinski definition) is 1.